The van der Waals surface area contributed by atoms with Crippen molar-refractivity contribution in [2.24, 2.45) is 17.6 Å². The van der Waals surface area contributed by atoms with Gasteiger partial charge in [-0.1, -0.05) is 19.3 Å². The van der Waals surface area contributed by atoms with Gasteiger partial charge in [0.1, 0.15) is 0 Å². The van der Waals surface area contributed by atoms with Crippen molar-refractivity contribution >= 4 is 0 Å². The van der Waals surface area contributed by atoms with E-state index in [0.29, 0.717) is 6.04 Å². The molecule has 3 rings (SSSR count). The average Bonchev–Trinajstić information content (AvgIpc) is 2.21. The number of hydrogen-bond donors (Lipinski definition) is 1. The van der Waals surface area contributed by atoms with E-state index < -0.39 is 0 Å². The maximum atomic E-state index is 6.40. The number of rotatable bonds is 3. The predicted octanol–water partition coefficient (Wildman–Crippen LogP) is 2.85. The van der Waals surface area contributed by atoms with Gasteiger partial charge in [0.25, 0.3) is 0 Å². The summed E-state index contributed by atoms with van der Waals surface area (Å²) in [6.45, 7) is 0.961. The van der Waals surface area contributed by atoms with Gasteiger partial charge in [0.2, 0.25) is 0 Å². The molecular weight excluding hydrogens is 198 g/mol. The summed E-state index contributed by atoms with van der Waals surface area (Å²) in [5.74, 6) is 1.70. The summed E-state index contributed by atoms with van der Waals surface area (Å²) in [4.78, 5) is 0. The Morgan fingerprint density at radius 1 is 1.19 bits per heavy atom. The van der Waals surface area contributed by atoms with E-state index in [2.05, 4.69) is 0 Å². The van der Waals surface area contributed by atoms with Crippen LogP contribution in [0.3, 0.4) is 0 Å². The lowest BCUT2D eigenvalue weighted by molar-refractivity contribution is -0.146. The molecule has 3 aliphatic rings. The van der Waals surface area contributed by atoms with Gasteiger partial charge in [0.15, 0.2) is 0 Å². The van der Waals surface area contributed by atoms with Gasteiger partial charge in [-0.2, -0.15) is 0 Å². The molecule has 2 nitrogen and oxygen atoms in total. The molecule has 0 bridgehead atoms. The van der Waals surface area contributed by atoms with Crippen molar-refractivity contribution in [3.8, 4) is 0 Å². The maximum absolute atomic E-state index is 6.40. The molecule has 2 saturated carbocycles. The number of hydrogen-bond acceptors (Lipinski definition) is 2. The van der Waals surface area contributed by atoms with Crippen LogP contribution in [0.15, 0.2) is 0 Å². The second-order valence-electron chi connectivity index (χ2n) is 6.33. The van der Waals surface area contributed by atoms with Crippen molar-refractivity contribution in [1.29, 1.82) is 0 Å². The molecule has 1 saturated heterocycles. The van der Waals surface area contributed by atoms with Gasteiger partial charge in [-0.15, -0.1) is 0 Å². The lowest BCUT2D eigenvalue weighted by atomic mass is 9.68. The van der Waals surface area contributed by atoms with Gasteiger partial charge in [-0.05, 0) is 50.4 Å². The number of ether oxygens (including phenoxy) is 1. The Morgan fingerprint density at radius 2 is 2.00 bits per heavy atom. The summed E-state index contributed by atoms with van der Waals surface area (Å²) < 4.78 is 5.97. The van der Waals surface area contributed by atoms with E-state index in [-0.39, 0.29) is 5.60 Å². The molecule has 2 N–H and O–H groups in total. The summed E-state index contributed by atoms with van der Waals surface area (Å²) >= 11 is 0. The normalized spacial score (nSPS) is 35.4. The van der Waals surface area contributed by atoms with Crippen LogP contribution in [0.5, 0.6) is 0 Å². The molecule has 2 atom stereocenters. The van der Waals surface area contributed by atoms with Crippen LogP contribution in [0.1, 0.15) is 57.8 Å². The fourth-order valence-electron chi connectivity index (χ4n) is 3.66. The monoisotopic (exact) mass is 223 g/mol. The van der Waals surface area contributed by atoms with Crippen molar-refractivity contribution in [3.05, 3.63) is 0 Å². The molecule has 3 fully saturated rings. The molecule has 0 radical (unpaired) electrons. The van der Waals surface area contributed by atoms with Crippen LogP contribution in [0.4, 0.5) is 0 Å². The van der Waals surface area contributed by atoms with E-state index in [1.165, 1.54) is 57.8 Å². The van der Waals surface area contributed by atoms with Gasteiger partial charge >= 0.3 is 0 Å². The third kappa shape index (κ3) is 2.02. The Hall–Kier alpha value is -0.0800. The summed E-state index contributed by atoms with van der Waals surface area (Å²) in [5, 5.41) is 0. The predicted molar refractivity (Wildman–Crippen MR) is 65.2 cm³/mol. The first-order chi connectivity index (χ1) is 7.77. The molecule has 0 aromatic heterocycles. The molecule has 1 heterocycles. The van der Waals surface area contributed by atoms with Crippen LogP contribution in [0, 0.1) is 11.8 Å². The van der Waals surface area contributed by atoms with Crippen LogP contribution in [-0.4, -0.2) is 18.2 Å². The average molecular weight is 223 g/mol. The van der Waals surface area contributed by atoms with Crippen LogP contribution in [-0.2, 0) is 4.74 Å². The van der Waals surface area contributed by atoms with Crippen LogP contribution < -0.4 is 5.73 Å². The maximum Gasteiger partial charge on any atom is 0.0685 e. The summed E-state index contributed by atoms with van der Waals surface area (Å²) in [5.41, 5.74) is 6.68. The van der Waals surface area contributed by atoms with Gasteiger partial charge in [0, 0.05) is 12.6 Å². The Morgan fingerprint density at radius 3 is 2.56 bits per heavy atom. The highest BCUT2D eigenvalue weighted by Crippen LogP contribution is 2.45. The van der Waals surface area contributed by atoms with Gasteiger partial charge in [-0.3, -0.25) is 0 Å². The van der Waals surface area contributed by atoms with Crippen molar-refractivity contribution < 1.29 is 4.74 Å². The zero-order chi connectivity index (χ0) is 11.0. The first kappa shape index (κ1) is 11.0. The summed E-state index contributed by atoms with van der Waals surface area (Å²) in [6.07, 6.45) is 12.0. The molecule has 2 heteroatoms. The van der Waals surface area contributed by atoms with E-state index in [1.807, 2.05) is 0 Å². The van der Waals surface area contributed by atoms with Crippen molar-refractivity contribution in [3.63, 3.8) is 0 Å². The highest BCUT2D eigenvalue weighted by molar-refractivity contribution is 4.96. The lowest BCUT2D eigenvalue weighted by Crippen LogP contribution is -2.49. The molecular formula is C14H25NO. The minimum absolute atomic E-state index is 0.278. The largest absolute Gasteiger partial charge is 0.375 e. The van der Waals surface area contributed by atoms with E-state index >= 15 is 0 Å². The molecule has 2 unspecified atom stereocenters. The zero-order valence-electron chi connectivity index (χ0n) is 10.3. The zero-order valence-corrected chi connectivity index (χ0v) is 10.3. The molecule has 0 aromatic rings. The van der Waals surface area contributed by atoms with Crippen molar-refractivity contribution in [1.82, 2.24) is 0 Å². The van der Waals surface area contributed by atoms with Crippen LogP contribution in [0.25, 0.3) is 0 Å². The molecule has 0 amide bonds. The molecule has 1 spiro atoms. The van der Waals surface area contributed by atoms with E-state index in [1.54, 1.807) is 0 Å². The van der Waals surface area contributed by atoms with E-state index in [0.717, 1.165) is 18.4 Å². The first-order valence-electron chi connectivity index (χ1n) is 7.17. The second-order valence-corrected chi connectivity index (χ2v) is 6.33. The molecule has 0 aromatic carbocycles. The fraction of sp³-hybridized carbons (Fsp3) is 1.00. The highest BCUT2D eigenvalue weighted by Gasteiger charge is 2.44. The standard InChI is InChI=1S/C14H25NO/c15-13(9-11-3-1-4-11)12-5-8-16-14(10-12)6-2-7-14/h11-13H,1-10,15H2. The molecule has 2 aliphatic carbocycles. The van der Waals surface area contributed by atoms with E-state index in [4.69, 9.17) is 10.5 Å². The Labute approximate surface area is 98.9 Å². The second kappa shape index (κ2) is 4.30. The third-order valence-corrected chi connectivity index (χ3v) is 5.23. The van der Waals surface area contributed by atoms with Crippen molar-refractivity contribution in [2.75, 3.05) is 6.61 Å². The van der Waals surface area contributed by atoms with Gasteiger partial charge < -0.3 is 10.5 Å². The van der Waals surface area contributed by atoms with Crippen LogP contribution >= 0.6 is 0 Å². The first-order valence-corrected chi connectivity index (χ1v) is 7.17. The van der Waals surface area contributed by atoms with E-state index in [9.17, 15) is 0 Å². The quantitative estimate of drug-likeness (QED) is 0.798. The van der Waals surface area contributed by atoms with Crippen LogP contribution in [0.2, 0.25) is 0 Å². The summed E-state index contributed by atoms with van der Waals surface area (Å²) in [7, 11) is 0. The Balaban J connectivity index is 1.52. The lowest BCUT2D eigenvalue weighted by Gasteiger charge is -2.48. The highest BCUT2D eigenvalue weighted by atomic mass is 16.5. The van der Waals surface area contributed by atoms with Gasteiger partial charge in [-0.25, -0.2) is 0 Å². The smallest absolute Gasteiger partial charge is 0.0685 e. The molecule has 16 heavy (non-hydrogen) atoms. The Bertz CT molecular complexity index is 245. The topological polar surface area (TPSA) is 35.2 Å². The minimum atomic E-state index is 0.278. The fourth-order valence-corrected chi connectivity index (χ4v) is 3.66. The van der Waals surface area contributed by atoms with Gasteiger partial charge in [0.05, 0.1) is 5.60 Å². The SMILES string of the molecule is NC(CC1CCC1)C1CCOC2(CCC2)C1. The third-order valence-electron chi connectivity index (χ3n) is 5.23. The molecule has 92 valence electrons. The van der Waals surface area contributed by atoms with Crippen molar-refractivity contribution in [2.45, 2.75) is 69.4 Å². The minimum Gasteiger partial charge on any atom is -0.375 e. The number of nitrogens with two attached hydrogens (primary N) is 1. The summed E-state index contributed by atoms with van der Waals surface area (Å²) in [6, 6.07) is 0.451. The molecule has 1 aliphatic heterocycles. The Kier molecular flexibility index (Phi) is 2.97.